The minimum atomic E-state index is -0.515. The number of halogens is 1. The Hall–Kier alpha value is -4.50. The van der Waals surface area contributed by atoms with Crippen LogP contribution in [0.1, 0.15) is 57.7 Å². The van der Waals surface area contributed by atoms with E-state index in [9.17, 15) is 14.4 Å². The normalized spacial score (nSPS) is 18.3. The zero-order valence-corrected chi connectivity index (χ0v) is 29.9. The van der Waals surface area contributed by atoms with Crippen LogP contribution in [0.4, 0.5) is 10.5 Å². The summed E-state index contributed by atoms with van der Waals surface area (Å²) in [6.45, 7) is 11.8. The Morgan fingerprint density at radius 1 is 1.02 bits per heavy atom. The highest BCUT2D eigenvalue weighted by Crippen LogP contribution is 2.39. The van der Waals surface area contributed by atoms with Crippen LogP contribution in [0.25, 0.3) is 5.00 Å². The van der Waals surface area contributed by atoms with Gasteiger partial charge in [-0.3, -0.25) is 44.1 Å². The van der Waals surface area contributed by atoms with E-state index in [4.69, 9.17) is 16.6 Å². The van der Waals surface area contributed by atoms with Crippen molar-refractivity contribution >= 4 is 52.2 Å². The van der Waals surface area contributed by atoms with E-state index < -0.39 is 12.1 Å². The van der Waals surface area contributed by atoms with Crippen LogP contribution in [0.5, 0.6) is 0 Å². The summed E-state index contributed by atoms with van der Waals surface area (Å²) in [6, 6.07) is 8.68. The van der Waals surface area contributed by atoms with Gasteiger partial charge in [0.05, 0.1) is 24.0 Å². The summed E-state index contributed by atoms with van der Waals surface area (Å²) in [4.78, 5) is 54.4. The molecular weight excluding hydrogens is 676 g/mol. The third-order valence-corrected chi connectivity index (χ3v) is 11.0. The number of fused-ring (bicyclic) bond motifs is 3. The molecule has 4 amide bonds. The quantitative estimate of drug-likeness (QED) is 0.266. The Labute approximate surface area is 299 Å². The molecule has 0 spiro atoms. The molecule has 50 heavy (non-hydrogen) atoms. The highest BCUT2D eigenvalue weighted by Gasteiger charge is 2.33. The number of carbonyl (C=O) groups is 3. The second kappa shape index (κ2) is 14.4. The van der Waals surface area contributed by atoms with Crippen LogP contribution in [0.2, 0.25) is 5.02 Å². The molecule has 2 saturated heterocycles. The van der Waals surface area contributed by atoms with Gasteiger partial charge >= 0.3 is 6.03 Å². The van der Waals surface area contributed by atoms with Crippen LogP contribution in [0.3, 0.4) is 0 Å². The molecular formula is C35H39ClN10O3S. The first kappa shape index (κ1) is 34.0. The zero-order valence-electron chi connectivity index (χ0n) is 28.3. The van der Waals surface area contributed by atoms with Gasteiger partial charge < -0.3 is 5.32 Å². The highest BCUT2D eigenvalue weighted by molar-refractivity contribution is 7.15. The number of carbonyl (C=O) groups excluding carboxylic acids is 3. The van der Waals surface area contributed by atoms with Gasteiger partial charge in [-0.2, -0.15) is 0 Å². The van der Waals surface area contributed by atoms with Crippen molar-refractivity contribution in [3.63, 3.8) is 0 Å². The van der Waals surface area contributed by atoms with E-state index in [-0.39, 0.29) is 24.7 Å². The van der Waals surface area contributed by atoms with Crippen LogP contribution in [0.15, 0.2) is 47.7 Å². The number of thiophene rings is 1. The first-order valence-corrected chi connectivity index (χ1v) is 18.0. The monoisotopic (exact) mass is 714 g/mol. The van der Waals surface area contributed by atoms with Crippen LogP contribution in [-0.2, 0) is 16.1 Å². The van der Waals surface area contributed by atoms with Gasteiger partial charge in [-0.1, -0.05) is 23.7 Å². The van der Waals surface area contributed by atoms with E-state index in [0.29, 0.717) is 30.5 Å². The van der Waals surface area contributed by atoms with Crippen molar-refractivity contribution in [1.29, 1.82) is 0 Å². The lowest BCUT2D eigenvalue weighted by molar-refractivity contribution is -0.122. The number of piperazine rings is 1. The van der Waals surface area contributed by atoms with Crippen molar-refractivity contribution in [1.82, 2.24) is 40.2 Å². The highest BCUT2D eigenvalue weighted by atomic mass is 35.5. The standard InChI is InChI=1S/C35H39ClN10O3S/c1-21-22(2)50-34-31(21)32(24-4-6-26(36)7-5-24)39-27(33-42-41-23(3)46(33)34)18-30(48)38-11-13-43-14-16-44(17-15-43)20-25-8-10-37-19-28(25)45-12-9-29(47)40-35(45)49/h4-8,10,19,27H,9,11-18,20H2,1-3H3,(H,38,48)(H,40,47,49)/t27-/m0/s1. The predicted molar refractivity (Wildman–Crippen MR) is 192 cm³/mol. The summed E-state index contributed by atoms with van der Waals surface area (Å²) in [5.41, 5.74) is 5.68. The summed E-state index contributed by atoms with van der Waals surface area (Å²) in [5, 5.41) is 16.1. The van der Waals surface area contributed by atoms with E-state index >= 15 is 0 Å². The number of nitrogens with zero attached hydrogens (tertiary/aromatic N) is 8. The number of hydrogen-bond acceptors (Lipinski definition) is 10. The molecule has 3 aliphatic rings. The third kappa shape index (κ3) is 6.93. The van der Waals surface area contributed by atoms with E-state index in [1.807, 2.05) is 37.3 Å². The number of rotatable bonds is 9. The maximum atomic E-state index is 13.4. The molecule has 6 heterocycles. The van der Waals surface area contributed by atoms with Crippen molar-refractivity contribution in [3.8, 4) is 5.00 Å². The van der Waals surface area contributed by atoms with Gasteiger partial charge in [0.25, 0.3) is 0 Å². The van der Waals surface area contributed by atoms with Crippen molar-refractivity contribution < 1.29 is 14.4 Å². The Bertz CT molecular complexity index is 1960. The van der Waals surface area contributed by atoms with Gasteiger partial charge in [-0.15, -0.1) is 21.5 Å². The van der Waals surface area contributed by atoms with Gasteiger partial charge in [0, 0.05) is 86.0 Å². The lowest BCUT2D eigenvalue weighted by atomic mass is 9.99. The molecule has 15 heteroatoms. The van der Waals surface area contributed by atoms with E-state index in [0.717, 1.165) is 77.2 Å². The molecule has 4 aromatic rings. The van der Waals surface area contributed by atoms with Crippen molar-refractivity contribution in [2.45, 2.75) is 46.2 Å². The van der Waals surface area contributed by atoms with Crippen LogP contribution in [0, 0.1) is 20.8 Å². The number of hydrogen-bond donors (Lipinski definition) is 2. The van der Waals surface area contributed by atoms with E-state index in [2.05, 4.69) is 54.0 Å². The fraction of sp³-hybridized carbons (Fsp3) is 0.400. The van der Waals surface area contributed by atoms with Gasteiger partial charge in [-0.25, -0.2) is 4.79 Å². The lowest BCUT2D eigenvalue weighted by Gasteiger charge is -2.35. The van der Waals surface area contributed by atoms with Crippen molar-refractivity contribution in [2.24, 2.45) is 4.99 Å². The largest absolute Gasteiger partial charge is 0.355 e. The Morgan fingerprint density at radius 2 is 1.78 bits per heavy atom. The lowest BCUT2D eigenvalue weighted by Crippen LogP contribution is -2.50. The molecule has 1 atom stereocenters. The van der Waals surface area contributed by atoms with Crippen LogP contribution in [-0.4, -0.2) is 98.9 Å². The molecule has 0 aliphatic carbocycles. The Kier molecular flexibility index (Phi) is 9.78. The number of urea groups is 1. The minimum absolute atomic E-state index is 0.0909. The fourth-order valence-corrected chi connectivity index (χ4v) is 8.07. The Balaban J connectivity index is 0.968. The molecule has 2 fully saturated rings. The topological polar surface area (TPSA) is 141 Å². The van der Waals surface area contributed by atoms with Crippen LogP contribution >= 0.6 is 22.9 Å². The number of aliphatic imine (C=N–C) groups is 1. The Morgan fingerprint density at radius 3 is 2.54 bits per heavy atom. The molecule has 0 unspecified atom stereocenters. The minimum Gasteiger partial charge on any atom is -0.355 e. The number of aryl methyl sites for hydroxylation is 2. The smallest absolute Gasteiger partial charge is 0.328 e. The summed E-state index contributed by atoms with van der Waals surface area (Å²) in [5.74, 6) is 1.07. The molecule has 0 saturated carbocycles. The first-order chi connectivity index (χ1) is 24.2. The molecule has 260 valence electrons. The van der Waals surface area contributed by atoms with Gasteiger partial charge in [-0.05, 0) is 50.1 Å². The first-order valence-electron chi connectivity index (χ1n) is 16.8. The molecule has 13 nitrogen and oxygen atoms in total. The molecule has 7 rings (SSSR count). The summed E-state index contributed by atoms with van der Waals surface area (Å²) < 4.78 is 2.06. The molecule has 3 aromatic heterocycles. The maximum absolute atomic E-state index is 13.4. The average Bonchev–Trinajstić information content (AvgIpc) is 3.58. The predicted octanol–water partition coefficient (Wildman–Crippen LogP) is 3.96. The van der Waals surface area contributed by atoms with E-state index in [1.165, 1.54) is 4.88 Å². The molecule has 0 bridgehead atoms. The number of benzene rings is 1. The average molecular weight is 715 g/mol. The number of aromatic nitrogens is 4. The van der Waals surface area contributed by atoms with E-state index in [1.54, 1.807) is 28.6 Å². The van der Waals surface area contributed by atoms with Crippen molar-refractivity contribution in [3.05, 3.63) is 86.5 Å². The third-order valence-electron chi connectivity index (χ3n) is 9.58. The molecule has 0 radical (unpaired) electrons. The molecule has 3 aliphatic heterocycles. The summed E-state index contributed by atoms with van der Waals surface area (Å²) in [7, 11) is 0. The second-order valence-corrected chi connectivity index (χ2v) is 14.5. The van der Waals surface area contributed by atoms with Gasteiger partial charge in [0.1, 0.15) is 16.9 Å². The molecule has 2 N–H and O–H groups in total. The number of anilines is 1. The van der Waals surface area contributed by atoms with Gasteiger partial charge in [0.15, 0.2) is 5.82 Å². The molecule has 1 aromatic carbocycles. The zero-order chi connectivity index (χ0) is 34.9. The number of imide groups is 1. The SMILES string of the molecule is Cc1sc2c(c1C)C(c1ccc(Cl)cc1)=N[C@@H](CC(=O)NCCN1CCN(Cc3ccncc3N3CCC(=O)NC3=O)CC1)c1nnc(C)n1-2. The summed E-state index contributed by atoms with van der Waals surface area (Å²) >= 11 is 7.92. The number of nitrogens with one attached hydrogen (secondary N) is 2. The summed E-state index contributed by atoms with van der Waals surface area (Å²) in [6.07, 6.45) is 3.84. The number of amides is 4. The fourth-order valence-electron chi connectivity index (χ4n) is 6.73. The van der Waals surface area contributed by atoms with Crippen LogP contribution < -0.4 is 15.5 Å². The van der Waals surface area contributed by atoms with Gasteiger partial charge in [0.2, 0.25) is 11.8 Å². The maximum Gasteiger partial charge on any atom is 0.328 e. The van der Waals surface area contributed by atoms with Crippen molar-refractivity contribution in [2.75, 3.05) is 50.7 Å². The number of pyridine rings is 1. The second-order valence-electron chi connectivity index (χ2n) is 12.8.